The number of hydrogen-bond donors (Lipinski definition) is 3. The van der Waals surface area contributed by atoms with Crippen molar-refractivity contribution in [2.75, 3.05) is 25.5 Å². The average Bonchev–Trinajstić information content (AvgIpc) is 3.67. The topological polar surface area (TPSA) is 165 Å². The quantitative estimate of drug-likeness (QED) is 0.204. The number of likely N-dealkylation sites (tertiary alicyclic amines) is 1. The van der Waals surface area contributed by atoms with Crippen molar-refractivity contribution in [2.24, 2.45) is 0 Å². The average molecular weight is 665 g/mol. The van der Waals surface area contributed by atoms with E-state index in [0.717, 1.165) is 36.7 Å². The van der Waals surface area contributed by atoms with Crippen LogP contribution in [-0.4, -0.2) is 80.5 Å². The number of amides is 3. The standard InChI is InChI=1S/C30H32F4N6O7/c1-47-28(44)36-20(7-2-3-9-24(41)38-12-4-5-13-38)26(42)35-21-8-6-14-39(27(21)43)17-23-37-25-18(10-11-30(32,33)34)15-19(31)16-22(25)40(23)29(45)46/h3,6,8-9,14-16,20H,2,4-5,7,10-13,17H2,1H3,(H,35,42)(H,36,44)(H,45,46)/b9-3+. The summed E-state index contributed by atoms with van der Waals surface area (Å²) in [5, 5.41) is 14.7. The van der Waals surface area contributed by atoms with E-state index in [1.54, 1.807) is 11.0 Å². The number of fused-ring (bicyclic) bond motifs is 1. The predicted molar refractivity (Wildman–Crippen MR) is 159 cm³/mol. The lowest BCUT2D eigenvalue weighted by Gasteiger charge is -2.17. The summed E-state index contributed by atoms with van der Waals surface area (Å²) in [6.07, 6.45) is -2.66. The molecule has 47 heavy (non-hydrogen) atoms. The van der Waals surface area contributed by atoms with E-state index >= 15 is 0 Å². The zero-order chi connectivity index (χ0) is 34.3. The molecule has 3 amide bonds. The Hall–Kier alpha value is -5.22. The van der Waals surface area contributed by atoms with Gasteiger partial charge < -0.3 is 29.9 Å². The number of aryl methyl sites for hydroxylation is 1. The Kier molecular flexibility index (Phi) is 11.0. The number of nitrogens with zero attached hydrogens (tertiary/aromatic N) is 4. The molecule has 13 nitrogen and oxygen atoms in total. The van der Waals surface area contributed by atoms with E-state index in [9.17, 15) is 46.6 Å². The number of halogens is 4. The Balaban J connectivity index is 1.55. The van der Waals surface area contributed by atoms with Crippen LogP contribution in [0.5, 0.6) is 0 Å². The summed E-state index contributed by atoms with van der Waals surface area (Å²) in [6, 6.07) is 3.13. The number of pyridine rings is 1. The molecule has 0 spiro atoms. The van der Waals surface area contributed by atoms with Gasteiger partial charge in [-0.05, 0) is 61.9 Å². The van der Waals surface area contributed by atoms with E-state index in [4.69, 9.17) is 0 Å². The van der Waals surface area contributed by atoms with Crippen molar-refractivity contribution in [3.63, 3.8) is 0 Å². The van der Waals surface area contributed by atoms with Crippen LogP contribution >= 0.6 is 0 Å². The predicted octanol–water partition coefficient (Wildman–Crippen LogP) is 4.03. The van der Waals surface area contributed by atoms with Crippen molar-refractivity contribution in [3.8, 4) is 0 Å². The zero-order valence-electron chi connectivity index (χ0n) is 25.2. The highest BCUT2D eigenvalue weighted by Crippen LogP contribution is 2.28. The van der Waals surface area contributed by atoms with Crippen molar-refractivity contribution in [2.45, 2.75) is 57.3 Å². The molecule has 252 valence electrons. The number of alkyl carbamates (subject to hydrolysis) is 1. The molecular weight excluding hydrogens is 632 g/mol. The molecule has 17 heteroatoms. The van der Waals surface area contributed by atoms with Crippen LogP contribution < -0.4 is 16.2 Å². The van der Waals surface area contributed by atoms with Crippen molar-refractivity contribution in [1.29, 1.82) is 0 Å². The highest BCUT2D eigenvalue weighted by molar-refractivity contribution is 5.96. The smallest absolute Gasteiger partial charge is 0.417 e. The van der Waals surface area contributed by atoms with Gasteiger partial charge in [0.05, 0.1) is 24.7 Å². The third-order valence-electron chi connectivity index (χ3n) is 7.43. The van der Waals surface area contributed by atoms with Crippen molar-refractivity contribution < 1.29 is 46.6 Å². The molecule has 3 aromatic rings. The molecule has 0 bridgehead atoms. The third-order valence-corrected chi connectivity index (χ3v) is 7.43. The molecule has 1 aliphatic heterocycles. The van der Waals surface area contributed by atoms with Crippen LogP contribution in [0, 0.1) is 5.82 Å². The molecule has 1 saturated heterocycles. The molecule has 0 aliphatic carbocycles. The summed E-state index contributed by atoms with van der Waals surface area (Å²) in [7, 11) is 1.10. The van der Waals surface area contributed by atoms with E-state index < -0.39 is 61.1 Å². The van der Waals surface area contributed by atoms with E-state index in [-0.39, 0.29) is 46.9 Å². The van der Waals surface area contributed by atoms with Crippen LogP contribution in [0.1, 0.15) is 43.5 Å². The number of allylic oxidation sites excluding steroid dienone is 1. The monoisotopic (exact) mass is 664 g/mol. The van der Waals surface area contributed by atoms with Crippen LogP contribution in [0.15, 0.2) is 47.4 Å². The van der Waals surface area contributed by atoms with E-state index in [0.29, 0.717) is 17.7 Å². The molecule has 1 unspecified atom stereocenters. The Bertz CT molecular complexity index is 1740. The third kappa shape index (κ3) is 8.95. The number of benzene rings is 1. The largest absolute Gasteiger partial charge is 0.464 e. The van der Waals surface area contributed by atoms with Gasteiger partial charge in [0.25, 0.3) is 5.56 Å². The first-order chi connectivity index (χ1) is 22.3. The number of nitrogens with one attached hydrogen (secondary N) is 2. The van der Waals surface area contributed by atoms with Crippen LogP contribution in [-0.2, 0) is 27.3 Å². The number of aromatic nitrogens is 3. The van der Waals surface area contributed by atoms with Gasteiger partial charge in [-0.15, -0.1) is 0 Å². The molecule has 3 N–H and O–H groups in total. The van der Waals surface area contributed by atoms with Gasteiger partial charge in [0.2, 0.25) is 11.8 Å². The van der Waals surface area contributed by atoms with Crippen molar-refractivity contribution in [1.82, 2.24) is 24.3 Å². The molecule has 0 saturated carbocycles. The summed E-state index contributed by atoms with van der Waals surface area (Å²) in [4.78, 5) is 68.6. The lowest BCUT2D eigenvalue weighted by molar-refractivity contribution is -0.134. The molecule has 4 rings (SSSR count). The van der Waals surface area contributed by atoms with E-state index in [2.05, 4.69) is 20.4 Å². The number of carbonyl (C=O) groups excluding carboxylic acids is 3. The molecule has 1 fully saturated rings. The van der Waals surface area contributed by atoms with Crippen molar-refractivity contribution >= 4 is 40.7 Å². The van der Waals surface area contributed by atoms with Gasteiger partial charge in [-0.3, -0.25) is 14.4 Å². The van der Waals surface area contributed by atoms with Crippen molar-refractivity contribution in [3.05, 3.63) is 70.2 Å². The Morgan fingerprint density at radius 3 is 2.55 bits per heavy atom. The molecule has 3 heterocycles. The summed E-state index contributed by atoms with van der Waals surface area (Å²) in [5.41, 5.74) is -1.68. The second-order valence-electron chi connectivity index (χ2n) is 10.7. The number of hydrogen-bond acceptors (Lipinski definition) is 7. The first kappa shape index (κ1) is 34.6. The summed E-state index contributed by atoms with van der Waals surface area (Å²) >= 11 is 0. The number of imidazole rings is 1. The minimum Gasteiger partial charge on any atom is -0.464 e. The lowest BCUT2D eigenvalue weighted by atomic mass is 10.1. The number of rotatable bonds is 11. The molecular formula is C30H32F4N6O7. The molecule has 0 radical (unpaired) electrons. The number of anilines is 1. The lowest BCUT2D eigenvalue weighted by Crippen LogP contribution is -2.44. The number of ether oxygens (including phenoxy) is 1. The molecule has 1 atom stereocenters. The summed E-state index contributed by atoms with van der Waals surface area (Å²) < 4.78 is 59.1. The molecule has 2 aromatic heterocycles. The van der Waals surface area contributed by atoms with Crippen LogP contribution in [0.3, 0.4) is 0 Å². The van der Waals surface area contributed by atoms with Crippen LogP contribution in [0.2, 0.25) is 0 Å². The van der Waals surface area contributed by atoms with Gasteiger partial charge in [0.1, 0.15) is 23.4 Å². The van der Waals surface area contributed by atoms with Gasteiger partial charge >= 0.3 is 18.4 Å². The fourth-order valence-corrected chi connectivity index (χ4v) is 5.13. The van der Waals surface area contributed by atoms with Gasteiger partial charge in [0.15, 0.2) is 0 Å². The normalized spacial score (nSPS) is 14.0. The highest BCUT2D eigenvalue weighted by atomic mass is 19.4. The van der Waals surface area contributed by atoms with Gasteiger partial charge in [-0.25, -0.2) is 23.5 Å². The summed E-state index contributed by atoms with van der Waals surface area (Å²) in [6.45, 7) is 0.829. The SMILES string of the molecule is COC(=O)NC(CC/C=C/C(=O)N1CCCC1)C(=O)Nc1cccn(Cc2nc3c(CCC(F)(F)F)cc(F)cc3n2C(=O)O)c1=O. The molecule has 1 aliphatic rings. The first-order valence-electron chi connectivity index (χ1n) is 14.6. The highest BCUT2D eigenvalue weighted by Gasteiger charge is 2.28. The minimum atomic E-state index is -4.55. The maximum Gasteiger partial charge on any atom is 0.417 e. The number of carboxylic acid groups (broad SMARTS) is 1. The fraction of sp³-hybridized carbons (Fsp3) is 0.400. The molecule has 1 aromatic carbocycles. The number of carbonyl (C=O) groups is 4. The van der Waals surface area contributed by atoms with Crippen LogP contribution in [0.4, 0.5) is 32.8 Å². The van der Waals surface area contributed by atoms with Crippen LogP contribution in [0.25, 0.3) is 11.0 Å². The van der Waals surface area contributed by atoms with E-state index in [1.165, 1.54) is 24.4 Å². The first-order valence-corrected chi connectivity index (χ1v) is 14.6. The number of alkyl halides is 3. The Morgan fingerprint density at radius 1 is 1.17 bits per heavy atom. The number of methoxy groups -OCH3 is 1. The van der Waals surface area contributed by atoms with Gasteiger partial charge in [-0.1, -0.05) is 6.08 Å². The maximum atomic E-state index is 14.3. The fourth-order valence-electron chi connectivity index (χ4n) is 5.13. The second kappa shape index (κ2) is 14.9. The Morgan fingerprint density at radius 2 is 1.89 bits per heavy atom. The van der Waals surface area contributed by atoms with E-state index in [1.807, 2.05) is 0 Å². The second-order valence-corrected chi connectivity index (χ2v) is 10.7. The summed E-state index contributed by atoms with van der Waals surface area (Å²) in [5.74, 6) is -2.20. The van der Waals surface area contributed by atoms with Gasteiger partial charge in [-0.2, -0.15) is 13.2 Å². The minimum absolute atomic E-state index is 0.0433. The Labute approximate surface area is 264 Å². The van der Waals surface area contributed by atoms with Gasteiger partial charge in [0, 0.05) is 31.8 Å². The maximum absolute atomic E-state index is 14.3. The zero-order valence-corrected chi connectivity index (χ0v) is 25.2.